The Kier molecular flexibility index (Phi) is 6.56. The lowest BCUT2D eigenvalue weighted by molar-refractivity contribution is 0.261. The Morgan fingerprint density at radius 3 is 2.68 bits per heavy atom. The molecule has 22 heavy (non-hydrogen) atoms. The molecule has 118 valence electrons. The van der Waals surface area contributed by atoms with E-state index in [0.29, 0.717) is 6.04 Å². The lowest BCUT2D eigenvalue weighted by atomic mass is 10.0. The van der Waals surface area contributed by atoms with Crippen LogP contribution in [0.3, 0.4) is 0 Å². The molecule has 0 saturated carbocycles. The first kappa shape index (κ1) is 16.7. The van der Waals surface area contributed by atoms with Crippen LogP contribution in [-0.2, 0) is 0 Å². The van der Waals surface area contributed by atoms with Crippen LogP contribution in [0, 0.1) is 0 Å². The van der Waals surface area contributed by atoms with Gasteiger partial charge in [-0.3, -0.25) is 9.88 Å². The van der Waals surface area contributed by atoms with Crippen LogP contribution in [-0.4, -0.2) is 55.1 Å². The highest BCUT2D eigenvalue weighted by molar-refractivity contribution is 5.52. The number of likely N-dealkylation sites (N-methyl/N-ethyl adjacent to an activating group) is 1. The third kappa shape index (κ3) is 5.58. The topological polar surface area (TPSA) is 19.4 Å². The maximum atomic E-state index is 4.30. The van der Waals surface area contributed by atoms with Crippen LogP contribution in [0.4, 0.5) is 0 Å². The first-order valence-electron chi connectivity index (χ1n) is 7.97. The van der Waals surface area contributed by atoms with Crippen molar-refractivity contribution in [3.8, 4) is 0 Å². The summed E-state index contributed by atoms with van der Waals surface area (Å²) in [6.45, 7) is 2.29. The van der Waals surface area contributed by atoms with E-state index in [2.05, 4.69) is 66.3 Å². The van der Waals surface area contributed by atoms with Crippen LogP contribution in [0.15, 0.2) is 54.3 Å². The van der Waals surface area contributed by atoms with E-state index in [1.807, 2.05) is 24.4 Å². The number of allylic oxidation sites excluding steroid dienone is 3. The molecular weight excluding hydrogens is 270 g/mol. The molecule has 1 atom stereocenters. The monoisotopic (exact) mass is 297 g/mol. The predicted molar refractivity (Wildman–Crippen MR) is 94.7 cm³/mol. The largest absolute Gasteiger partial charge is 0.309 e. The molecule has 3 nitrogen and oxygen atoms in total. The van der Waals surface area contributed by atoms with Gasteiger partial charge in [-0.05, 0) is 70.9 Å². The fraction of sp³-hybridized carbons (Fsp3) is 0.421. The zero-order valence-electron chi connectivity index (χ0n) is 13.9. The Hall–Kier alpha value is -1.71. The average molecular weight is 297 g/mol. The first-order valence-corrected chi connectivity index (χ1v) is 7.97. The molecule has 0 saturated heterocycles. The molecule has 0 radical (unpaired) electrons. The van der Waals surface area contributed by atoms with E-state index in [-0.39, 0.29) is 0 Å². The average Bonchev–Trinajstić information content (AvgIpc) is 2.54. The summed E-state index contributed by atoms with van der Waals surface area (Å²) in [4.78, 5) is 8.99. The second kappa shape index (κ2) is 8.66. The molecule has 0 spiro atoms. The van der Waals surface area contributed by atoms with Gasteiger partial charge in [0.15, 0.2) is 0 Å². The van der Waals surface area contributed by atoms with Crippen LogP contribution in [0.1, 0.15) is 18.5 Å². The number of hydrogen-bond donors (Lipinski definition) is 0. The van der Waals surface area contributed by atoms with Gasteiger partial charge in [0.1, 0.15) is 0 Å². The van der Waals surface area contributed by atoms with Crippen molar-refractivity contribution in [3.63, 3.8) is 0 Å². The third-order valence-corrected chi connectivity index (χ3v) is 3.92. The molecular formula is C19H27N3. The van der Waals surface area contributed by atoms with Gasteiger partial charge in [0, 0.05) is 12.2 Å². The van der Waals surface area contributed by atoms with Gasteiger partial charge in [0.25, 0.3) is 0 Å². The van der Waals surface area contributed by atoms with E-state index in [1.165, 1.54) is 12.0 Å². The normalized spacial score (nSPS) is 18.4. The van der Waals surface area contributed by atoms with Gasteiger partial charge in [-0.1, -0.05) is 30.4 Å². The fourth-order valence-corrected chi connectivity index (χ4v) is 2.53. The Morgan fingerprint density at radius 2 is 2.05 bits per heavy atom. The molecule has 1 heterocycles. The molecule has 0 amide bonds. The standard InChI is InChI=1S/C19H27N3/c1-21(2)15-6-16-22(3)19-12-9-17(10-13-19)8-11-18-7-4-5-14-20-18/h4-5,7-12,14,19H,6,13,15-16H2,1-3H3/b11-8+. The molecule has 1 aromatic rings. The molecule has 2 rings (SSSR count). The van der Waals surface area contributed by atoms with Crippen LogP contribution >= 0.6 is 0 Å². The number of hydrogen-bond acceptors (Lipinski definition) is 3. The molecule has 1 aromatic heterocycles. The van der Waals surface area contributed by atoms with Crippen molar-refractivity contribution in [1.82, 2.24) is 14.8 Å². The molecule has 0 N–H and O–H groups in total. The maximum absolute atomic E-state index is 4.30. The number of nitrogens with zero attached hydrogens (tertiary/aromatic N) is 3. The highest BCUT2D eigenvalue weighted by Gasteiger charge is 2.12. The van der Waals surface area contributed by atoms with Crippen molar-refractivity contribution < 1.29 is 0 Å². The predicted octanol–water partition coefficient (Wildman–Crippen LogP) is 3.23. The van der Waals surface area contributed by atoms with Crippen LogP contribution in [0.5, 0.6) is 0 Å². The second-order valence-corrected chi connectivity index (χ2v) is 6.09. The van der Waals surface area contributed by atoms with Gasteiger partial charge in [-0.15, -0.1) is 0 Å². The number of aromatic nitrogens is 1. The van der Waals surface area contributed by atoms with Gasteiger partial charge < -0.3 is 4.90 Å². The molecule has 0 aliphatic heterocycles. The van der Waals surface area contributed by atoms with Crippen molar-refractivity contribution in [3.05, 3.63) is 60.0 Å². The molecule has 0 bridgehead atoms. The maximum Gasteiger partial charge on any atom is 0.0629 e. The van der Waals surface area contributed by atoms with Crippen LogP contribution in [0.2, 0.25) is 0 Å². The smallest absolute Gasteiger partial charge is 0.0629 e. The molecule has 1 aliphatic rings. The van der Waals surface area contributed by atoms with Gasteiger partial charge in [-0.25, -0.2) is 0 Å². The summed E-state index contributed by atoms with van der Waals surface area (Å²) in [7, 11) is 6.47. The Bertz CT molecular complexity index is 529. The quantitative estimate of drug-likeness (QED) is 0.770. The van der Waals surface area contributed by atoms with Gasteiger partial charge in [-0.2, -0.15) is 0 Å². The van der Waals surface area contributed by atoms with Gasteiger partial charge in [0.05, 0.1) is 5.69 Å². The van der Waals surface area contributed by atoms with Crippen molar-refractivity contribution in [2.45, 2.75) is 18.9 Å². The number of pyridine rings is 1. The summed E-state index contributed by atoms with van der Waals surface area (Å²) >= 11 is 0. The van der Waals surface area contributed by atoms with E-state index in [0.717, 1.165) is 25.2 Å². The molecule has 0 fully saturated rings. The van der Waals surface area contributed by atoms with Crippen molar-refractivity contribution in [2.75, 3.05) is 34.2 Å². The Labute approximate surface area is 134 Å². The van der Waals surface area contributed by atoms with Crippen molar-refractivity contribution in [1.29, 1.82) is 0 Å². The second-order valence-electron chi connectivity index (χ2n) is 6.09. The van der Waals surface area contributed by atoms with E-state index in [1.54, 1.807) is 0 Å². The van der Waals surface area contributed by atoms with Crippen molar-refractivity contribution in [2.24, 2.45) is 0 Å². The van der Waals surface area contributed by atoms with Gasteiger partial charge in [0.2, 0.25) is 0 Å². The third-order valence-electron chi connectivity index (χ3n) is 3.92. The SMILES string of the molecule is CN(C)CCCN(C)C1C=CC(/C=C/c2ccccn2)=CC1. The number of rotatable bonds is 7. The summed E-state index contributed by atoms with van der Waals surface area (Å²) in [6, 6.07) is 6.49. The van der Waals surface area contributed by atoms with Crippen LogP contribution < -0.4 is 0 Å². The summed E-state index contributed by atoms with van der Waals surface area (Å²) in [5.41, 5.74) is 2.27. The zero-order valence-corrected chi connectivity index (χ0v) is 13.9. The molecule has 0 aromatic carbocycles. The molecule has 1 unspecified atom stereocenters. The van der Waals surface area contributed by atoms with Crippen LogP contribution in [0.25, 0.3) is 6.08 Å². The minimum atomic E-state index is 0.522. The summed E-state index contributed by atoms with van der Waals surface area (Å²) in [6.07, 6.45) is 15.2. The Morgan fingerprint density at radius 1 is 1.18 bits per heavy atom. The molecule has 1 aliphatic carbocycles. The fourth-order valence-electron chi connectivity index (χ4n) is 2.53. The van der Waals surface area contributed by atoms with E-state index < -0.39 is 0 Å². The van der Waals surface area contributed by atoms with E-state index >= 15 is 0 Å². The highest BCUT2D eigenvalue weighted by Crippen LogP contribution is 2.16. The summed E-state index contributed by atoms with van der Waals surface area (Å²) in [5, 5.41) is 0. The van der Waals surface area contributed by atoms with E-state index in [9.17, 15) is 0 Å². The highest BCUT2D eigenvalue weighted by atomic mass is 15.1. The summed E-state index contributed by atoms with van der Waals surface area (Å²) in [5.74, 6) is 0. The lowest BCUT2D eigenvalue weighted by Gasteiger charge is -2.27. The minimum Gasteiger partial charge on any atom is -0.309 e. The van der Waals surface area contributed by atoms with E-state index in [4.69, 9.17) is 0 Å². The Balaban J connectivity index is 1.80. The lowest BCUT2D eigenvalue weighted by Crippen LogP contribution is -2.32. The first-order chi connectivity index (χ1) is 10.6. The molecule has 3 heteroatoms. The summed E-state index contributed by atoms with van der Waals surface area (Å²) < 4.78 is 0. The van der Waals surface area contributed by atoms with Gasteiger partial charge >= 0.3 is 0 Å². The minimum absolute atomic E-state index is 0.522. The van der Waals surface area contributed by atoms with Crippen molar-refractivity contribution >= 4 is 6.08 Å². The zero-order chi connectivity index (χ0) is 15.8.